The lowest BCUT2D eigenvalue weighted by Crippen LogP contribution is -2.44. The molecule has 1 aliphatic rings. The van der Waals surface area contributed by atoms with Crippen LogP contribution in [0.2, 0.25) is 0 Å². The Morgan fingerprint density at radius 3 is 2.24 bits per heavy atom. The Labute approximate surface area is 150 Å². The highest BCUT2D eigenvalue weighted by Gasteiger charge is 2.19. The first-order valence-corrected chi connectivity index (χ1v) is 9.21. The van der Waals surface area contributed by atoms with E-state index in [1.807, 2.05) is 0 Å². The second-order valence-electron chi connectivity index (χ2n) is 7.93. The van der Waals surface area contributed by atoms with E-state index in [-0.39, 0.29) is 5.41 Å². The molecule has 0 aliphatic carbocycles. The van der Waals surface area contributed by atoms with Crippen molar-refractivity contribution < 1.29 is 0 Å². The normalized spacial score (nSPS) is 15.7. The van der Waals surface area contributed by atoms with Gasteiger partial charge in [0.05, 0.1) is 5.52 Å². The van der Waals surface area contributed by atoms with Gasteiger partial charge in [0.1, 0.15) is 5.82 Å². The fourth-order valence-corrected chi connectivity index (χ4v) is 3.65. The molecule has 1 aliphatic heterocycles. The Morgan fingerprint density at radius 1 is 0.880 bits per heavy atom. The summed E-state index contributed by atoms with van der Waals surface area (Å²) >= 11 is 0. The van der Waals surface area contributed by atoms with Crippen LogP contribution in [-0.4, -0.2) is 30.7 Å². The third-order valence-electron chi connectivity index (χ3n) is 5.12. The Bertz CT molecular complexity index is 862. The molecule has 0 atom stereocenters. The summed E-state index contributed by atoms with van der Waals surface area (Å²) in [4.78, 5) is 2.49. The number of para-hydroxylation sites is 1. The Morgan fingerprint density at radius 2 is 1.56 bits per heavy atom. The van der Waals surface area contributed by atoms with E-state index in [1.54, 1.807) is 0 Å². The monoisotopic (exact) mass is 333 g/mol. The van der Waals surface area contributed by atoms with Gasteiger partial charge in [-0.05, 0) is 35.2 Å². The second kappa shape index (κ2) is 6.23. The number of nitrogens with one attached hydrogen (secondary N) is 1. The van der Waals surface area contributed by atoms with Crippen molar-refractivity contribution in [2.45, 2.75) is 26.2 Å². The number of fused-ring (bicyclic) bond motifs is 1. The van der Waals surface area contributed by atoms with E-state index in [1.165, 1.54) is 28.0 Å². The molecule has 4 rings (SSSR count). The van der Waals surface area contributed by atoms with Gasteiger partial charge < -0.3 is 10.2 Å². The van der Waals surface area contributed by atoms with Crippen LogP contribution in [0.1, 0.15) is 26.3 Å². The van der Waals surface area contributed by atoms with Crippen molar-refractivity contribution in [1.82, 2.24) is 9.88 Å². The molecule has 2 aromatic carbocycles. The first kappa shape index (κ1) is 16.2. The molecule has 0 radical (unpaired) electrons. The number of hydrogen-bond donors (Lipinski definition) is 1. The number of benzene rings is 2. The van der Waals surface area contributed by atoms with Crippen molar-refractivity contribution in [1.29, 1.82) is 0 Å². The molecule has 1 aromatic heterocycles. The maximum Gasteiger partial charge on any atom is 0.114 e. The van der Waals surface area contributed by atoms with Crippen molar-refractivity contribution in [2.75, 3.05) is 31.1 Å². The molecule has 1 saturated heterocycles. The van der Waals surface area contributed by atoms with Gasteiger partial charge >= 0.3 is 0 Å². The van der Waals surface area contributed by atoms with Crippen LogP contribution in [-0.2, 0) is 5.41 Å². The van der Waals surface area contributed by atoms with E-state index < -0.39 is 0 Å². The quantitative estimate of drug-likeness (QED) is 0.753. The van der Waals surface area contributed by atoms with Gasteiger partial charge in [-0.3, -0.25) is 4.57 Å². The topological polar surface area (TPSA) is 20.2 Å². The molecule has 0 spiro atoms. The molecule has 3 heteroatoms. The molecule has 130 valence electrons. The summed E-state index contributed by atoms with van der Waals surface area (Å²) in [5.74, 6) is 1.30. The molecule has 1 N–H and O–H groups in total. The molecule has 2 heterocycles. The van der Waals surface area contributed by atoms with Crippen LogP contribution in [0.5, 0.6) is 0 Å². The van der Waals surface area contributed by atoms with Crippen LogP contribution in [0.15, 0.2) is 54.6 Å². The van der Waals surface area contributed by atoms with Gasteiger partial charge in [0, 0.05) is 37.3 Å². The largest absolute Gasteiger partial charge is 0.355 e. The van der Waals surface area contributed by atoms with Gasteiger partial charge in [0.15, 0.2) is 0 Å². The number of anilines is 1. The third kappa shape index (κ3) is 3.05. The van der Waals surface area contributed by atoms with Crippen molar-refractivity contribution in [3.8, 4) is 5.69 Å². The highest BCUT2D eigenvalue weighted by Crippen LogP contribution is 2.32. The maximum atomic E-state index is 3.45. The van der Waals surface area contributed by atoms with Crippen LogP contribution < -0.4 is 10.2 Å². The zero-order valence-corrected chi connectivity index (χ0v) is 15.4. The van der Waals surface area contributed by atoms with Gasteiger partial charge in [0.25, 0.3) is 0 Å². The van der Waals surface area contributed by atoms with Crippen molar-refractivity contribution in [2.24, 2.45) is 0 Å². The molecule has 1 fully saturated rings. The van der Waals surface area contributed by atoms with Crippen LogP contribution in [0.4, 0.5) is 5.82 Å². The van der Waals surface area contributed by atoms with Crippen LogP contribution in [0.3, 0.4) is 0 Å². The lowest BCUT2D eigenvalue weighted by molar-refractivity contribution is 0.582. The van der Waals surface area contributed by atoms with Crippen molar-refractivity contribution >= 4 is 16.7 Å². The zero-order valence-electron chi connectivity index (χ0n) is 15.4. The maximum absolute atomic E-state index is 3.45. The van der Waals surface area contributed by atoms with Gasteiger partial charge in [0.2, 0.25) is 0 Å². The Hall–Kier alpha value is -2.26. The molecule has 0 amide bonds. The molecular formula is C22H27N3. The first-order chi connectivity index (χ1) is 12.0. The van der Waals surface area contributed by atoms with Crippen LogP contribution in [0, 0.1) is 0 Å². The summed E-state index contributed by atoms with van der Waals surface area (Å²) < 4.78 is 2.41. The highest BCUT2D eigenvalue weighted by atomic mass is 15.3. The summed E-state index contributed by atoms with van der Waals surface area (Å²) in [7, 11) is 0. The van der Waals surface area contributed by atoms with E-state index in [2.05, 4.69) is 90.2 Å². The standard InChI is InChI=1S/C22H27N3/c1-22(2,3)18-8-10-19(11-9-18)25-20-7-5-4-6-17(20)16-21(25)24-14-12-23-13-15-24/h4-11,16,23H,12-15H2,1-3H3. The lowest BCUT2D eigenvalue weighted by Gasteiger charge is -2.30. The average molecular weight is 333 g/mol. The van der Waals surface area contributed by atoms with Crippen LogP contribution >= 0.6 is 0 Å². The molecule has 25 heavy (non-hydrogen) atoms. The fraction of sp³-hybridized carbons (Fsp3) is 0.364. The minimum Gasteiger partial charge on any atom is -0.355 e. The molecule has 3 aromatic rings. The molecule has 0 unspecified atom stereocenters. The third-order valence-corrected chi connectivity index (χ3v) is 5.12. The van der Waals surface area contributed by atoms with E-state index in [0.717, 1.165) is 26.2 Å². The lowest BCUT2D eigenvalue weighted by atomic mass is 9.87. The van der Waals surface area contributed by atoms with E-state index >= 15 is 0 Å². The van der Waals surface area contributed by atoms with E-state index in [9.17, 15) is 0 Å². The van der Waals surface area contributed by atoms with Crippen LogP contribution in [0.25, 0.3) is 16.6 Å². The molecule has 0 bridgehead atoms. The second-order valence-corrected chi connectivity index (χ2v) is 7.93. The zero-order chi connectivity index (χ0) is 17.4. The number of hydrogen-bond acceptors (Lipinski definition) is 2. The minimum atomic E-state index is 0.179. The Kier molecular flexibility index (Phi) is 4.04. The predicted molar refractivity (Wildman–Crippen MR) is 107 cm³/mol. The summed E-state index contributed by atoms with van der Waals surface area (Å²) in [6, 6.07) is 20.1. The van der Waals surface area contributed by atoms with Gasteiger partial charge in [-0.1, -0.05) is 51.1 Å². The summed E-state index contributed by atoms with van der Waals surface area (Å²) in [5, 5.41) is 4.75. The summed E-state index contributed by atoms with van der Waals surface area (Å²) in [5.41, 5.74) is 4.07. The average Bonchev–Trinajstić information content (AvgIpc) is 3.01. The van der Waals surface area contributed by atoms with Crippen molar-refractivity contribution in [3.63, 3.8) is 0 Å². The molecule has 0 saturated carbocycles. The summed E-state index contributed by atoms with van der Waals surface area (Å²) in [6.45, 7) is 11.0. The SMILES string of the molecule is CC(C)(C)c1ccc(-n2c(N3CCNCC3)cc3ccccc32)cc1. The van der Waals surface area contributed by atoms with Gasteiger partial charge in [-0.15, -0.1) is 0 Å². The highest BCUT2D eigenvalue weighted by molar-refractivity contribution is 5.87. The number of rotatable bonds is 2. The number of nitrogens with zero attached hydrogens (tertiary/aromatic N) is 2. The van der Waals surface area contributed by atoms with E-state index in [0.29, 0.717) is 0 Å². The Balaban J connectivity index is 1.84. The van der Waals surface area contributed by atoms with Gasteiger partial charge in [-0.2, -0.15) is 0 Å². The molecule has 3 nitrogen and oxygen atoms in total. The molecular weight excluding hydrogens is 306 g/mol. The number of piperazine rings is 1. The smallest absolute Gasteiger partial charge is 0.114 e. The van der Waals surface area contributed by atoms with Gasteiger partial charge in [-0.25, -0.2) is 0 Å². The minimum absolute atomic E-state index is 0.179. The predicted octanol–water partition coefficient (Wildman–Crippen LogP) is 4.34. The van der Waals surface area contributed by atoms with Crippen molar-refractivity contribution in [3.05, 3.63) is 60.2 Å². The summed E-state index contributed by atoms with van der Waals surface area (Å²) in [6.07, 6.45) is 0. The van der Waals surface area contributed by atoms with E-state index in [4.69, 9.17) is 0 Å². The first-order valence-electron chi connectivity index (χ1n) is 9.21. The number of aromatic nitrogens is 1. The fourth-order valence-electron chi connectivity index (χ4n) is 3.65.